The summed E-state index contributed by atoms with van der Waals surface area (Å²) >= 11 is 1.65. The number of hydrogen-bond donors (Lipinski definition) is 3. The van der Waals surface area contributed by atoms with Crippen LogP contribution < -0.4 is 0 Å². The number of hydrogen-bond acceptors (Lipinski definition) is 6. The number of benzene rings is 2. The van der Waals surface area contributed by atoms with Gasteiger partial charge in [-0.3, -0.25) is 0 Å². The average Bonchev–Trinajstić information content (AvgIpc) is 3.45. The van der Waals surface area contributed by atoms with Gasteiger partial charge in [-0.05, 0) is 35.7 Å². The number of aliphatic hydroxyl groups is 3. The first-order chi connectivity index (χ1) is 15.5. The lowest BCUT2D eigenvalue weighted by Crippen LogP contribution is -2.19. The van der Waals surface area contributed by atoms with Crippen molar-refractivity contribution in [3.8, 4) is 11.1 Å². The van der Waals surface area contributed by atoms with Crippen LogP contribution in [0, 0.1) is 0 Å². The third-order valence-electron chi connectivity index (χ3n) is 5.51. The smallest absolute Gasteiger partial charge is 0.137 e. The van der Waals surface area contributed by atoms with E-state index in [1.807, 2.05) is 24.3 Å². The maximum absolute atomic E-state index is 9.91. The van der Waals surface area contributed by atoms with Crippen molar-refractivity contribution in [2.45, 2.75) is 35.3 Å². The summed E-state index contributed by atoms with van der Waals surface area (Å²) in [6, 6.07) is 16.3. The van der Waals surface area contributed by atoms with Crippen molar-refractivity contribution in [1.82, 2.24) is 9.55 Å². The van der Waals surface area contributed by atoms with Gasteiger partial charge in [0.05, 0.1) is 37.2 Å². The Bertz CT molecular complexity index is 1030. The van der Waals surface area contributed by atoms with Crippen LogP contribution in [0.2, 0.25) is 0 Å². The summed E-state index contributed by atoms with van der Waals surface area (Å²) in [5.74, 6) is 0.528. The van der Waals surface area contributed by atoms with Crippen molar-refractivity contribution >= 4 is 17.8 Å². The molecule has 4 atom stereocenters. The molecule has 3 N–H and O–H groups in total. The van der Waals surface area contributed by atoms with Gasteiger partial charge in [0.1, 0.15) is 11.9 Å². The SMILES string of the molecule is C[C@H](O)c1nccn1[C@@H](/C=C/c1ccc(-c2ccc(SC3COC[C@H]3O)cc2)cc1)CO. The van der Waals surface area contributed by atoms with Crippen LogP contribution in [0.15, 0.2) is 71.9 Å². The minimum Gasteiger partial charge on any atom is -0.394 e. The highest BCUT2D eigenvalue weighted by atomic mass is 32.2. The lowest BCUT2D eigenvalue weighted by molar-refractivity contribution is 0.127. The monoisotopic (exact) mass is 452 g/mol. The van der Waals surface area contributed by atoms with Crippen LogP contribution in [0.3, 0.4) is 0 Å². The quantitative estimate of drug-likeness (QED) is 0.483. The third-order valence-corrected chi connectivity index (χ3v) is 6.81. The van der Waals surface area contributed by atoms with E-state index in [0.29, 0.717) is 19.0 Å². The van der Waals surface area contributed by atoms with Crippen LogP contribution >= 0.6 is 11.8 Å². The molecule has 0 spiro atoms. The van der Waals surface area contributed by atoms with E-state index in [1.165, 1.54) is 0 Å². The molecule has 32 heavy (non-hydrogen) atoms. The Morgan fingerprint density at radius 3 is 2.41 bits per heavy atom. The number of imidazole rings is 1. The molecule has 0 aliphatic carbocycles. The molecule has 6 nitrogen and oxygen atoms in total. The van der Waals surface area contributed by atoms with Crippen molar-refractivity contribution in [3.63, 3.8) is 0 Å². The van der Waals surface area contributed by atoms with Crippen LogP contribution in [0.4, 0.5) is 0 Å². The topological polar surface area (TPSA) is 87.7 Å². The number of thioether (sulfide) groups is 1. The second kappa shape index (κ2) is 10.5. The molecule has 1 aromatic heterocycles. The molecule has 1 fully saturated rings. The Morgan fingerprint density at radius 1 is 1.12 bits per heavy atom. The molecule has 0 radical (unpaired) electrons. The summed E-state index contributed by atoms with van der Waals surface area (Å²) in [7, 11) is 0. The van der Waals surface area contributed by atoms with Gasteiger partial charge in [0.15, 0.2) is 0 Å². The maximum Gasteiger partial charge on any atom is 0.137 e. The second-order valence-electron chi connectivity index (χ2n) is 7.89. The van der Waals surface area contributed by atoms with Gasteiger partial charge in [-0.2, -0.15) is 0 Å². The van der Waals surface area contributed by atoms with Crippen LogP contribution in [0.25, 0.3) is 17.2 Å². The number of ether oxygens (including phenoxy) is 1. The zero-order valence-corrected chi connectivity index (χ0v) is 18.7. The van der Waals surface area contributed by atoms with Gasteiger partial charge >= 0.3 is 0 Å². The van der Waals surface area contributed by atoms with E-state index in [4.69, 9.17) is 4.74 Å². The number of aliphatic hydroxyl groups excluding tert-OH is 3. The molecule has 168 valence electrons. The van der Waals surface area contributed by atoms with Crippen LogP contribution in [0.5, 0.6) is 0 Å². The van der Waals surface area contributed by atoms with Crippen molar-refractivity contribution < 1.29 is 20.1 Å². The van der Waals surface area contributed by atoms with Gasteiger partial charge in [-0.15, -0.1) is 11.8 Å². The summed E-state index contributed by atoms with van der Waals surface area (Å²) in [6.07, 6.45) is 6.16. The van der Waals surface area contributed by atoms with E-state index < -0.39 is 12.2 Å². The van der Waals surface area contributed by atoms with E-state index in [2.05, 4.69) is 41.4 Å². The minimum atomic E-state index is -0.701. The van der Waals surface area contributed by atoms with Gasteiger partial charge < -0.3 is 24.6 Å². The Hall–Kier alpha value is -2.42. The molecule has 0 bridgehead atoms. The van der Waals surface area contributed by atoms with Gasteiger partial charge in [0.25, 0.3) is 0 Å². The summed E-state index contributed by atoms with van der Waals surface area (Å²) in [5.41, 5.74) is 3.27. The molecule has 1 aliphatic heterocycles. The summed E-state index contributed by atoms with van der Waals surface area (Å²) < 4.78 is 7.10. The van der Waals surface area contributed by atoms with Crippen molar-refractivity contribution in [2.24, 2.45) is 0 Å². The predicted molar refractivity (Wildman–Crippen MR) is 126 cm³/mol. The fourth-order valence-electron chi connectivity index (χ4n) is 3.72. The summed E-state index contributed by atoms with van der Waals surface area (Å²) in [5, 5.41) is 29.7. The molecule has 0 amide bonds. The highest BCUT2D eigenvalue weighted by Crippen LogP contribution is 2.31. The first kappa shape index (κ1) is 22.8. The zero-order valence-electron chi connectivity index (χ0n) is 17.9. The van der Waals surface area contributed by atoms with E-state index in [0.717, 1.165) is 21.6 Å². The Labute approximate surface area is 192 Å². The fourth-order valence-corrected chi connectivity index (χ4v) is 4.76. The lowest BCUT2D eigenvalue weighted by Gasteiger charge is -2.16. The van der Waals surface area contributed by atoms with Gasteiger partial charge in [0.2, 0.25) is 0 Å². The van der Waals surface area contributed by atoms with Crippen LogP contribution in [0.1, 0.15) is 30.5 Å². The largest absolute Gasteiger partial charge is 0.394 e. The zero-order chi connectivity index (χ0) is 22.5. The average molecular weight is 453 g/mol. The minimum absolute atomic E-state index is 0.0843. The van der Waals surface area contributed by atoms with Crippen molar-refractivity contribution in [1.29, 1.82) is 0 Å². The maximum atomic E-state index is 9.91. The van der Waals surface area contributed by atoms with Gasteiger partial charge in [-0.1, -0.05) is 48.6 Å². The predicted octanol–water partition coefficient (Wildman–Crippen LogP) is 3.70. The molecule has 1 saturated heterocycles. The van der Waals surface area contributed by atoms with E-state index in [1.54, 1.807) is 35.6 Å². The fraction of sp³-hybridized carbons (Fsp3) is 0.320. The molecule has 1 unspecified atom stereocenters. The van der Waals surface area contributed by atoms with Crippen LogP contribution in [-0.4, -0.2) is 56.0 Å². The van der Waals surface area contributed by atoms with Crippen LogP contribution in [-0.2, 0) is 4.74 Å². The normalized spacial score (nSPS) is 20.6. The van der Waals surface area contributed by atoms with Crippen molar-refractivity contribution in [2.75, 3.05) is 19.8 Å². The first-order valence-corrected chi connectivity index (χ1v) is 11.6. The van der Waals surface area contributed by atoms with Crippen molar-refractivity contribution in [3.05, 3.63) is 78.4 Å². The lowest BCUT2D eigenvalue weighted by atomic mass is 10.0. The second-order valence-corrected chi connectivity index (χ2v) is 9.20. The Morgan fingerprint density at radius 2 is 1.81 bits per heavy atom. The molecule has 7 heteroatoms. The first-order valence-electron chi connectivity index (χ1n) is 10.7. The molecular formula is C25H28N2O4S. The molecule has 4 rings (SSSR count). The van der Waals surface area contributed by atoms with E-state index in [9.17, 15) is 15.3 Å². The summed E-state index contributed by atoms with van der Waals surface area (Å²) in [4.78, 5) is 5.29. The molecule has 3 aromatic rings. The molecule has 0 saturated carbocycles. The number of aromatic nitrogens is 2. The number of nitrogens with zero attached hydrogens (tertiary/aromatic N) is 2. The van der Waals surface area contributed by atoms with E-state index in [-0.39, 0.29) is 17.9 Å². The highest BCUT2D eigenvalue weighted by molar-refractivity contribution is 8.00. The Balaban J connectivity index is 1.41. The number of rotatable bonds is 8. The molecule has 1 aliphatic rings. The third kappa shape index (κ3) is 5.31. The Kier molecular flexibility index (Phi) is 7.44. The van der Waals surface area contributed by atoms with Gasteiger partial charge in [-0.25, -0.2) is 4.98 Å². The molecular weight excluding hydrogens is 424 g/mol. The molecule has 2 heterocycles. The van der Waals surface area contributed by atoms with E-state index >= 15 is 0 Å². The molecule has 2 aromatic carbocycles. The summed E-state index contributed by atoms with van der Waals surface area (Å²) in [6.45, 7) is 2.58. The standard InChI is InChI=1S/C25H28N2O4S/c1-17(29)25-26-12-13-27(25)21(14-28)9-4-18-2-5-19(6-3-18)20-7-10-22(11-8-20)32-24-16-31-15-23(24)30/h2-13,17,21,23-24,28-30H,14-16H2,1H3/b9-4+/t17-,21-,23+,24?/m0/s1. The highest BCUT2D eigenvalue weighted by Gasteiger charge is 2.26. The van der Waals surface area contributed by atoms with Gasteiger partial charge in [0, 0.05) is 17.3 Å².